The third-order valence-corrected chi connectivity index (χ3v) is 2.92. The Morgan fingerprint density at radius 2 is 2.29 bits per heavy atom. The van der Waals surface area contributed by atoms with Crippen LogP contribution in [0.2, 0.25) is 0 Å². The third-order valence-electron chi connectivity index (χ3n) is 2.92. The third kappa shape index (κ3) is 2.25. The Morgan fingerprint density at radius 1 is 1.50 bits per heavy atom. The summed E-state index contributed by atoms with van der Waals surface area (Å²) in [5.74, 6) is 0.805. The van der Waals surface area contributed by atoms with Crippen molar-refractivity contribution in [2.75, 3.05) is 26.4 Å². The zero-order chi connectivity index (χ0) is 9.97. The number of hydrogen-bond acceptors (Lipinski definition) is 3. The lowest BCUT2D eigenvalue weighted by molar-refractivity contribution is -0.141. The summed E-state index contributed by atoms with van der Waals surface area (Å²) in [5.41, 5.74) is 0. The average Bonchev–Trinajstić information content (AvgIpc) is 3.01. The Hall–Kier alpha value is -0.610. The normalized spacial score (nSPS) is 27.8. The van der Waals surface area contributed by atoms with Gasteiger partial charge < -0.3 is 14.7 Å². The Bertz CT molecular complexity index is 215. The number of ether oxygens (including phenoxy) is 1. The number of aliphatic hydroxyl groups is 1. The molecule has 14 heavy (non-hydrogen) atoms. The van der Waals surface area contributed by atoms with Crippen molar-refractivity contribution in [2.24, 2.45) is 5.92 Å². The predicted octanol–water partition coefficient (Wildman–Crippen LogP) is 0.00620. The van der Waals surface area contributed by atoms with E-state index >= 15 is 0 Å². The molecule has 80 valence electrons. The number of amides is 1. The van der Waals surface area contributed by atoms with Crippen molar-refractivity contribution in [3.05, 3.63) is 0 Å². The summed E-state index contributed by atoms with van der Waals surface area (Å²) in [6.45, 7) is 1.73. The summed E-state index contributed by atoms with van der Waals surface area (Å²) in [6, 6.07) is -0.116. The smallest absolute Gasteiger partial charge is 0.223 e. The molecule has 1 amide bonds. The van der Waals surface area contributed by atoms with E-state index in [1.165, 1.54) is 12.8 Å². The average molecular weight is 199 g/mol. The molecule has 0 radical (unpaired) electrons. The van der Waals surface area contributed by atoms with Crippen molar-refractivity contribution in [2.45, 2.75) is 25.3 Å². The summed E-state index contributed by atoms with van der Waals surface area (Å²) in [6.07, 6.45) is 3.05. The van der Waals surface area contributed by atoms with Gasteiger partial charge >= 0.3 is 0 Å². The van der Waals surface area contributed by atoms with E-state index in [0.29, 0.717) is 32.1 Å². The van der Waals surface area contributed by atoms with Crippen LogP contribution in [0.5, 0.6) is 0 Å². The van der Waals surface area contributed by atoms with Gasteiger partial charge in [-0.25, -0.2) is 0 Å². The largest absolute Gasteiger partial charge is 0.394 e. The second kappa shape index (κ2) is 4.28. The van der Waals surface area contributed by atoms with Gasteiger partial charge in [0.25, 0.3) is 0 Å². The fourth-order valence-corrected chi connectivity index (χ4v) is 1.82. The topological polar surface area (TPSA) is 49.8 Å². The quantitative estimate of drug-likeness (QED) is 0.696. The number of morpholine rings is 1. The first-order valence-corrected chi connectivity index (χ1v) is 5.29. The predicted molar refractivity (Wildman–Crippen MR) is 50.7 cm³/mol. The van der Waals surface area contributed by atoms with Gasteiger partial charge in [-0.2, -0.15) is 0 Å². The maximum Gasteiger partial charge on any atom is 0.223 e. The number of nitrogens with zero attached hydrogens (tertiary/aromatic N) is 1. The van der Waals surface area contributed by atoms with E-state index in [9.17, 15) is 4.79 Å². The van der Waals surface area contributed by atoms with Crippen LogP contribution in [-0.4, -0.2) is 48.3 Å². The van der Waals surface area contributed by atoms with E-state index in [0.717, 1.165) is 0 Å². The van der Waals surface area contributed by atoms with Crippen LogP contribution in [0.15, 0.2) is 0 Å². The van der Waals surface area contributed by atoms with Crippen LogP contribution in [0.25, 0.3) is 0 Å². The molecular formula is C10H17NO3. The fourth-order valence-electron chi connectivity index (χ4n) is 1.82. The molecule has 4 nitrogen and oxygen atoms in total. The minimum absolute atomic E-state index is 0.0103. The van der Waals surface area contributed by atoms with Gasteiger partial charge in [0.05, 0.1) is 25.9 Å². The van der Waals surface area contributed by atoms with E-state index < -0.39 is 0 Å². The summed E-state index contributed by atoms with van der Waals surface area (Å²) < 4.78 is 5.22. The van der Waals surface area contributed by atoms with Crippen LogP contribution in [0, 0.1) is 5.92 Å². The van der Waals surface area contributed by atoms with Gasteiger partial charge in [0, 0.05) is 13.0 Å². The first-order chi connectivity index (χ1) is 6.81. The Kier molecular flexibility index (Phi) is 3.03. The van der Waals surface area contributed by atoms with Gasteiger partial charge in [0.1, 0.15) is 0 Å². The molecule has 1 unspecified atom stereocenters. The minimum Gasteiger partial charge on any atom is -0.394 e. The van der Waals surface area contributed by atoms with E-state index in [1.54, 1.807) is 4.90 Å². The molecule has 0 aromatic heterocycles. The van der Waals surface area contributed by atoms with Crippen molar-refractivity contribution in [3.63, 3.8) is 0 Å². The van der Waals surface area contributed by atoms with Gasteiger partial charge in [-0.3, -0.25) is 4.79 Å². The molecule has 2 fully saturated rings. The summed E-state index contributed by atoms with van der Waals surface area (Å²) in [5, 5.41) is 9.09. The zero-order valence-electron chi connectivity index (χ0n) is 8.32. The second-order valence-electron chi connectivity index (χ2n) is 4.15. The number of carbonyl (C=O) groups is 1. The summed E-state index contributed by atoms with van der Waals surface area (Å²) in [4.78, 5) is 13.6. The highest BCUT2D eigenvalue weighted by atomic mass is 16.5. The van der Waals surface area contributed by atoms with Gasteiger partial charge in [0.2, 0.25) is 5.91 Å². The number of hydrogen-bond donors (Lipinski definition) is 1. The number of rotatable bonds is 3. The molecule has 0 aromatic carbocycles. The van der Waals surface area contributed by atoms with Gasteiger partial charge in [0.15, 0.2) is 0 Å². The van der Waals surface area contributed by atoms with E-state index in [2.05, 4.69) is 0 Å². The molecule has 2 aliphatic rings. The maximum absolute atomic E-state index is 11.8. The monoisotopic (exact) mass is 199 g/mol. The number of aliphatic hydroxyl groups excluding tert-OH is 1. The molecule has 1 heterocycles. The van der Waals surface area contributed by atoms with Gasteiger partial charge in [-0.1, -0.05) is 0 Å². The molecule has 1 saturated heterocycles. The maximum atomic E-state index is 11.8. The second-order valence-corrected chi connectivity index (χ2v) is 4.15. The van der Waals surface area contributed by atoms with Gasteiger partial charge in [-0.05, 0) is 18.8 Å². The highest BCUT2D eigenvalue weighted by Gasteiger charge is 2.31. The van der Waals surface area contributed by atoms with Crippen molar-refractivity contribution in [1.82, 2.24) is 4.90 Å². The molecular weight excluding hydrogens is 182 g/mol. The minimum atomic E-state index is -0.116. The van der Waals surface area contributed by atoms with Crippen molar-refractivity contribution in [3.8, 4) is 0 Å². The zero-order valence-corrected chi connectivity index (χ0v) is 8.32. The van der Waals surface area contributed by atoms with Gasteiger partial charge in [-0.15, -0.1) is 0 Å². The molecule has 1 aliphatic carbocycles. The Morgan fingerprint density at radius 3 is 2.93 bits per heavy atom. The summed E-state index contributed by atoms with van der Waals surface area (Å²) in [7, 11) is 0. The van der Waals surface area contributed by atoms with Crippen molar-refractivity contribution < 1.29 is 14.6 Å². The molecule has 1 saturated carbocycles. The molecule has 0 bridgehead atoms. The molecule has 0 aromatic rings. The molecule has 4 heteroatoms. The van der Waals surface area contributed by atoms with Crippen LogP contribution in [0.1, 0.15) is 19.3 Å². The fraction of sp³-hybridized carbons (Fsp3) is 0.900. The highest BCUT2D eigenvalue weighted by molar-refractivity contribution is 5.77. The van der Waals surface area contributed by atoms with Crippen LogP contribution < -0.4 is 0 Å². The Labute approximate surface area is 83.8 Å². The first-order valence-electron chi connectivity index (χ1n) is 5.29. The lowest BCUT2D eigenvalue weighted by Crippen LogP contribution is -2.50. The lowest BCUT2D eigenvalue weighted by atomic mass is 10.2. The van der Waals surface area contributed by atoms with Crippen molar-refractivity contribution >= 4 is 5.91 Å². The van der Waals surface area contributed by atoms with Crippen LogP contribution >= 0.6 is 0 Å². The van der Waals surface area contributed by atoms with Crippen LogP contribution in [0.3, 0.4) is 0 Å². The number of carbonyl (C=O) groups excluding carboxylic acids is 1. The molecule has 2 rings (SSSR count). The molecule has 0 spiro atoms. The highest BCUT2D eigenvalue weighted by Crippen LogP contribution is 2.33. The summed E-state index contributed by atoms with van der Waals surface area (Å²) >= 11 is 0. The SMILES string of the molecule is O=C(CC1CC1)N1CCOCC1CO. The Balaban J connectivity index is 1.87. The first kappa shape index (κ1) is 9.93. The van der Waals surface area contributed by atoms with Crippen LogP contribution in [-0.2, 0) is 9.53 Å². The van der Waals surface area contributed by atoms with Crippen molar-refractivity contribution in [1.29, 1.82) is 0 Å². The van der Waals surface area contributed by atoms with E-state index in [-0.39, 0.29) is 18.6 Å². The molecule has 1 N–H and O–H groups in total. The molecule has 1 aliphatic heterocycles. The lowest BCUT2D eigenvalue weighted by Gasteiger charge is -2.34. The van der Waals surface area contributed by atoms with E-state index in [1.807, 2.05) is 0 Å². The van der Waals surface area contributed by atoms with Crippen LogP contribution in [0.4, 0.5) is 0 Å². The standard InChI is InChI=1S/C10H17NO3/c12-6-9-7-14-4-3-11(9)10(13)5-8-1-2-8/h8-9,12H,1-7H2. The molecule has 1 atom stereocenters. The van der Waals surface area contributed by atoms with E-state index in [4.69, 9.17) is 9.84 Å².